The highest BCUT2D eigenvalue weighted by Crippen LogP contribution is 2.49. The van der Waals surface area contributed by atoms with Crippen LogP contribution in [0.25, 0.3) is 32.9 Å². The number of piperazine rings is 1. The standard InChI is InChI=1S/C59H73F2N9O8/c1-5-42-45(60)9-7-39-29-41(78-37-75-3)31-43(49(39)42)51-50(61)52-44(32-62-51)53(69-21-6-14-57(2,74)34-69)65-55(64-52)77-36-59(17-18-59)35-67-27-25-66(26-28-67)33-38-11-15-58(16-12-38)19-23-68(24-20-58)54(72)40-8-10-47(76-4)46(30-40)70-22-13-48(71)63-56(70)73/h7-10,29-32,38,74H,5-6,11-28,33-37H2,1-4H3,(H,63,71,73)/t57-/m1/s1. The summed E-state index contributed by atoms with van der Waals surface area (Å²) in [6, 6.07) is 11.3. The number of aromatic nitrogens is 3. The molecule has 4 saturated heterocycles. The maximum absolute atomic E-state index is 17.4. The maximum Gasteiger partial charge on any atom is 0.328 e. The predicted octanol–water partition coefficient (Wildman–Crippen LogP) is 8.36. The molecular weight excluding hydrogens is 1000 g/mol. The van der Waals surface area contributed by atoms with Crippen molar-refractivity contribution in [2.45, 2.75) is 96.5 Å². The first-order valence-corrected chi connectivity index (χ1v) is 28.0. The number of rotatable bonds is 16. The van der Waals surface area contributed by atoms with E-state index in [-0.39, 0.29) is 65.4 Å². The number of carbonyl (C=O) groups is 3. The lowest BCUT2D eigenvalue weighted by Crippen LogP contribution is -2.50. The van der Waals surface area contributed by atoms with Crippen LogP contribution in [0.3, 0.4) is 0 Å². The number of nitrogens with zero attached hydrogens (tertiary/aromatic N) is 8. The molecular formula is C59H73F2N9O8. The number of imide groups is 1. The molecule has 0 unspecified atom stereocenters. The van der Waals surface area contributed by atoms with E-state index in [4.69, 9.17) is 33.9 Å². The number of hydrogen-bond acceptors (Lipinski definition) is 14. The summed E-state index contributed by atoms with van der Waals surface area (Å²) in [5.41, 5.74) is 1.08. The van der Waals surface area contributed by atoms with Crippen LogP contribution in [-0.4, -0.2) is 158 Å². The molecule has 0 bridgehead atoms. The van der Waals surface area contributed by atoms with Crippen LogP contribution in [0.4, 0.5) is 25.1 Å². The van der Waals surface area contributed by atoms with E-state index in [9.17, 15) is 19.5 Å². The Kier molecular flexibility index (Phi) is 15.2. The van der Waals surface area contributed by atoms with Gasteiger partial charge in [0.05, 0.1) is 30.4 Å². The van der Waals surface area contributed by atoms with E-state index in [0.717, 1.165) is 71.4 Å². The van der Waals surface area contributed by atoms with Gasteiger partial charge in [-0.15, -0.1) is 0 Å². The van der Waals surface area contributed by atoms with Crippen LogP contribution in [0, 0.1) is 28.4 Å². The molecule has 78 heavy (non-hydrogen) atoms. The lowest BCUT2D eigenvalue weighted by Gasteiger charge is -2.47. The smallest absolute Gasteiger partial charge is 0.328 e. The van der Waals surface area contributed by atoms with Gasteiger partial charge >= 0.3 is 12.0 Å². The number of anilines is 2. The van der Waals surface area contributed by atoms with Gasteiger partial charge in [0.25, 0.3) is 5.91 Å². The number of amides is 4. The van der Waals surface area contributed by atoms with Crippen molar-refractivity contribution in [1.82, 2.24) is 35.0 Å². The molecule has 11 rings (SSSR count). The van der Waals surface area contributed by atoms with Crippen molar-refractivity contribution < 1.29 is 47.2 Å². The molecule has 3 aromatic carbocycles. The number of β-amino-alcohol motifs (C(OH)–C–C–N with tert-alkyl or cyclic N) is 1. The van der Waals surface area contributed by atoms with E-state index in [1.807, 2.05) is 16.7 Å². The monoisotopic (exact) mass is 1070 g/mol. The van der Waals surface area contributed by atoms with Gasteiger partial charge in [0.2, 0.25) is 5.91 Å². The molecule has 6 aliphatic rings. The molecule has 5 aromatic rings. The number of halogens is 2. The SMILES string of the molecule is CCc1c(F)ccc2cc(OCOC)cc(-c3ncc4c(N5CCC[C@@](C)(O)C5)nc(OCC5(CN6CCN(CC7CCC8(CC7)CCN(C(=O)c7ccc(OC)c(N9CCC(=O)NC9=O)c7)CC8)CC6)CC5)nc4c3F)c12. The van der Waals surface area contributed by atoms with Crippen LogP contribution in [0.2, 0.25) is 0 Å². The predicted molar refractivity (Wildman–Crippen MR) is 292 cm³/mol. The molecule has 416 valence electrons. The zero-order valence-electron chi connectivity index (χ0n) is 45.5. The Balaban J connectivity index is 0.706. The van der Waals surface area contributed by atoms with Crippen LogP contribution in [0.1, 0.15) is 100 Å². The minimum absolute atomic E-state index is 0.00396. The van der Waals surface area contributed by atoms with Gasteiger partial charge in [0.1, 0.15) is 34.3 Å². The number of urea groups is 1. The summed E-state index contributed by atoms with van der Waals surface area (Å²) in [6.45, 7) is 12.6. The van der Waals surface area contributed by atoms with Gasteiger partial charge in [-0.25, -0.2) is 13.6 Å². The van der Waals surface area contributed by atoms with Crippen LogP contribution in [-0.2, 0) is 16.0 Å². The molecule has 2 aromatic heterocycles. The topological polar surface area (TPSA) is 175 Å². The zero-order chi connectivity index (χ0) is 54.3. The van der Waals surface area contributed by atoms with Gasteiger partial charge in [0, 0.05) is 108 Å². The minimum Gasteiger partial charge on any atom is -0.495 e. The molecule has 4 aliphatic heterocycles. The number of benzene rings is 3. The second-order valence-electron chi connectivity index (χ2n) is 23.3. The summed E-state index contributed by atoms with van der Waals surface area (Å²) >= 11 is 0. The summed E-state index contributed by atoms with van der Waals surface area (Å²) < 4.78 is 55.9. The Morgan fingerprint density at radius 1 is 0.872 bits per heavy atom. The Labute approximate surface area is 454 Å². The van der Waals surface area contributed by atoms with Gasteiger partial charge in [-0.1, -0.05) is 13.0 Å². The first-order chi connectivity index (χ1) is 37.6. The number of piperidine rings is 2. The number of likely N-dealkylation sites (tertiary alicyclic amines) is 1. The number of hydrogen-bond donors (Lipinski definition) is 2. The largest absolute Gasteiger partial charge is 0.495 e. The second kappa shape index (κ2) is 22.1. The van der Waals surface area contributed by atoms with Crippen molar-refractivity contribution in [2.24, 2.45) is 16.7 Å². The third kappa shape index (κ3) is 11.2. The fourth-order valence-corrected chi connectivity index (χ4v) is 13.0. The fraction of sp³-hybridized carbons (Fsp3) is 0.559. The maximum atomic E-state index is 17.4. The van der Waals surface area contributed by atoms with E-state index < -0.39 is 17.4 Å². The number of carbonyl (C=O) groups excluding carboxylic acids is 3. The molecule has 1 spiro atoms. The molecule has 4 amide bonds. The zero-order valence-corrected chi connectivity index (χ0v) is 45.5. The van der Waals surface area contributed by atoms with Crippen molar-refractivity contribution in [2.75, 3.05) is 109 Å². The van der Waals surface area contributed by atoms with E-state index in [1.165, 1.54) is 50.9 Å². The van der Waals surface area contributed by atoms with E-state index >= 15 is 8.78 Å². The van der Waals surface area contributed by atoms with Crippen molar-refractivity contribution in [3.05, 3.63) is 71.4 Å². The van der Waals surface area contributed by atoms with Crippen molar-refractivity contribution in [1.29, 1.82) is 0 Å². The Hall–Kier alpha value is -6.28. The van der Waals surface area contributed by atoms with Crippen molar-refractivity contribution in [3.8, 4) is 28.8 Å². The van der Waals surface area contributed by atoms with Crippen LogP contribution in [0.15, 0.2) is 48.7 Å². The second-order valence-corrected chi connectivity index (χ2v) is 23.3. The highest BCUT2D eigenvalue weighted by molar-refractivity contribution is 6.07. The number of pyridine rings is 1. The number of fused-ring (bicyclic) bond motifs is 2. The molecule has 6 fully saturated rings. The van der Waals surface area contributed by atoms with Crippen LogP contribution >= 0.6 is 0 Å². The van der Waals surface area contributed by atoms with Crippen LogP contribution in [0.5, 0.6) is 17.5 Å². The van der Waals surface area contributed by atoms with E-state index in [1.54, 1.807) is 49.5 Å². The van der Waals surface area contributed by atoms with Gasteiger partial charge in [-0.3, -0.25) is 24.8 Å². The molecule has 6 heterocycles. The van der Waals surface area contributed by atoms with E-state index in [2.05, 4.69) is 15.1 Å². The fourth-order valence-electron chi connectivity index (χ4n) is 13.0. The number of aryl methyl sites for hydroxylation is 1. The molecule has 2 N–H and O–H groups in total. The summed E-state index contributed by atoms with van der Waals surface area (Å²) in [7, 11) is 3.05. The summed E-state index contributed by atoms with van der Waals surface area (Å²) in [6.07, 6.45) is 12.2. The number of ether oxygens (including phenoxy) is 4. The Morgan fingerprint density at radius 2 is 1.64 bits per heavy atom. The lowest BCUT2D eigenvalue weighted by atomic mass is 9.65. The molecule has 2 saturated carbocycles. The highest BCUT2D eigenvalue weighted by atomic mass is 19.1. The first kappa shape index (κ1) is 53.7. The third-order valence-corrected chi connectivity index (χ3v) is 17.8. The number of nitrogens with one attached hydrogen (secondary N) is 1. The third-order valence-electron chi connectivity index (χ3n) is 17.8. The normalized spacial score (nSPS) is 22.1. The van der Waals surface area contributed by atoms with Gasteiger partial charge in [-0.05, 0) is 142 Å². The molecule has 17 nitrogen and oxygen atoms in total. The summed E-state index contributed by atoms with van der Waals surface area (Å²) in [5, 5.41) is 15.2. The summed E-state index contributed by atoms with van der Waals surface area (Å²) in [4.78, 5) is 63.2. The lowest BCUT2D eigenvalue weighted by molar-refractivity contribution is -0.120. The number of methoxy groups -OCH3 is 2. The first-order valence-electron chi connectivity index (χ1n) is 28.0. The summed E-state index contributed by atoms with van der Waals surface area (Å²) in [5.74, 6) is 0.570. The van der Waals surface area contributed by atoms with Gasteiger partial charge in [0.15, 0.2) is 12.6 Å². The highest BCUT2D eigenvalue weighted by Gasteiger charge is 2.46. The van der Waals surface area contributed by atoms with Crippen LogP contribution < -0.4 is 29.3 Å². The molecule has 2 aliphatic carbocycles. The van der Waals surface area contributed by atoms with Gasteiger partial charge < -0.3 is 43.7 Å². The molecule has 0 radical (unpaired) electrons. The van der Waals surface area contributed by atoms with E-state index in [0.29, 0.717) is 107 Å². The van der Waals surface area contributed by atoms with Crippen molar-refractivity contribution >= 4 is 51.0 Å². The molecule has 19 heteroatoms. The average molecular weight is 1070 g/mol. The van der Waals surface area contributed by atoms with Crippen molar-refractivity contribution in [3.63, 3.8) is 0 Å². The number of aliphatic hydroxyl groups is 1. The van der Waals surface area contributed by atoms with Gasteiger partial charge in [-0.2, -0.15) is 9.97 Å². The average Bonchev–Trinajstić information content (AvgIpc) is 4.21. The Bertz CT molecular complexity index is 3080. The minimum atomic E-state index is -0.968. The quantitative estimate of drug-likeness (QED) is 0.0902. The Morgan fingerprint density at radius 3 is 2.35 bits per heavy atom. The molecule has 1 atom stereocenters.